The second kappa shape index (κ2) is 6.61. The molecule has 24 heavy (non-hydrogen) atoms. The predicted molar refractivity (Wildman–Crippen MR) is 92.5 cm³/mol. The summed E-state index contributed by atoms with van der Waals surface area (Å²) >= 11 is 0. The van der Waals surface area contributed by atoms with Gasteiger partial charge in [-0.2, -0.15) is 0 Å². The van der Waals surface area contributed by atoms with Gasteiger partial charge < -0.3 is 15.0 Å². The number of rotatable bonds is 4. The van der Waals surface area contributed by atoms with E-state index in [4.69, 9.17) is 4.74 Å². The van der Waals surface area contributed by atoms with E-state index in [-0.39, 0.29) is 5.91 Å². The molecule has 1 aromatic carbocycles. The fraction of sp³-hybridized carbons (Fsp3) is 0.368. The number of nitrogens with one attached hydrogen (secondary N) is 1. The van der Waals surface area contributed by atoms with Gasteiger partial charge in [-0.15, -0.1) is 0 Å². The number of amides is 1. The van der Waals surface area contributed by atoms with Gasteiger partial charge in [-0.3, -0.25) is 9.78 Å². The minimum absolute atomic E-state index is 0.102. The van der Waals surface area contributed by atoms with Crippen LogP contribution >= 0.6 is 0 Å². The highest BCUT2D eigenvalue weighted by Crippen LogP contribution is 2.34. The summed E-state index contributed by atoms with van der Waals surface area (Å²) in [6.07, 6.45) is 2.75. The third-order valence-electron chi connectivity index (χ3n) is 4.82. The van der Waals surface area contributed by atoms with Crippen LogP contribution in [0.25, 0.3) is 0 Å². The number of nitrogens with zero attached hydrogens (tertiary/aromatic N) is 2. The summed E-state index contributed by atoms with van der Waals surface area (Å²) in [5, 5.41) is 3.03. The molecule has 0 spiro atoms. The maximum atomic E-state index is 12.4. The number of carbonyl (C=O) groups is 1. The average Bonchev–Trinajstić information content (AvgIpc) is 2.63. The van der Waals surface area contributed by atoms with E-state index in [0.717, 1.165) is 38.4 Å². The molecule has 1 aromatic heterocycles. The first kappa shape index (κ1) is 15.1. The van der Waals surface area contributed by atoms with Crippen molar-refractivity contribution in [2.24, 2.45) is 0 Å². The van der Waals surface area contributed by atoms with Gasteiger partial charge in [-0.05, 0) is 29.7 Å². The highest BCUT2D eigenvalue weighted by atomic mass is 16.5. The highest BCUT2D eigenvalue weighted by Gasteiger charge is 2.25. The van der Waals surface area contributed by atoms with Crippen LogP contribution in [0, 0.1) is 0 Å². The summed E-state index contributed by atoms with van der Waals surface area (Å²) < 4.78 is 5.37. The van der Waals surface area contributed by atoms with Crippen molar-refractivity contribution in [1.82, 2.24) is 10.3 Å². The Labute approximate surface area is 141 Å². The SMILES string of the molecule is O=C(NC[C@@H]1Cc2ccccc21)c1cc(N2CCOCC2)ccn1. The molecule has 0 unspecified atom stereocenters. The molecule has 0 saturated carbocycles. The van der Waals surface area contributed by atoms with Gasteiger partial charge >= 0.3 is 0 Å². The molecule has 2 aromatic rings. The van der Waals surface area contributed by atoms with Crippen molar-refractivity contribution in [1.29, 1.82) is 0 Å². The molecule has 1 saturated heterocycles. The zero-order valence-corrected chi connectivity index (χ0v) is 13.6. The number of carbonyl (C=O) groups excluding carboxylic acids is 1. The van der Waals surface area contributed by atoms with E-state index in [1.807, 2.05) is 12.1 Å². The van der Waals surface area contributed by atoms with Gasteiger partial charge in [0.25, 0.3) is 5.91 Å². The molecule has 2 heterocycles. The number of fused-ring (bicyclic) bond motifs is 1. The quantitative estimate of drug-likeness (QED) is 0.935. The Morgan fingerprint density at radius 3 is 2.92 bits per heavy atom. The first-order chi connectivity index (χ1) is 11.8. The lowest BCUT2D eigenvalue weighted by Gasteiger charge is -2.30. The summed E-state index contributed by atoms with van der Waals surface area (Å²) in [5.41, 5.74) is 4.26. The van der Waals surface area contributed by atoms with Gasteiger partial charge in [-0.25, -0.2) is 0 Å². The first-order valence-corrected chi connectivity index (χ1v) is 8.46. The maximum Gasteiger partial charge on any atom is 0.269 e. The third kappa shape index (κ3) is 2.99. The fourth-order valence-electron chi connectivity index (χ4n) is 3.41. The van der Waals surface area contributed by atoms with E-state index in [2.05, 4.69) is 39.5 Å². The van der Waals surface area contributed by atoms with E-state index >= 15 is 0 Å². The zero-order chi connectivity index (χ0) is 16.4. The maximum absolute atomic E-state index is 12.4. The number of pyridine rings is 1. The Bertz CT molecular complexity index is 741. The van der Waals surface area contributed by atoms with Gasteiger partial charge in [0.2, 0.25) is 0 Å². The van der Waals surface area contributed by atoms with Crippen LogP contribution in [0.15, 0.2) is 42.6 Å². The van der Waals surface area contributed by atoms with Crippen molar-refractivity contribution in [3.8, 4) is 0 Å². The molecule has 0 bridgehead atoms. The second-order valence-corrected chi connectivity index (χ2v) is 6.31. The Kier molecular flexibility index (Phi) is 4.17. The first-order valence-electron chi connectivity index (χ1n) is 8.46. The summed E-state index contributed by atoms with van der Waals surface area (Å²) in [7, 11) is 0. The van der Waals surface area contributed by atoms with Crippen LogP contribution in [0.5, 0.6) is 0 Å². The fourth-order valence-corrected chi connectivity index (χ4v) is 3.41. The molecule has 124 valence electrons. The van der Waals surface area contributed by atoms with Crippen LogP contribution in [-0.4, -0.2) is 43.7 Å². The summed E-state index contributed by atoms with van der Waals surface area (Å²) in [5.74, 6) is 0.321. The van der Waals surface area contributed by atoms with E-state index in [1.54, 1.807) is 6.20 Å². The molecule has 1 amide bonds. The topological polar surface area (TPSA) is 54.5 Å². The van der Waals surface area contributed by atoms with E-state index in [9.17, 15) is 4.79 Å². The molecule has 0 radical (unpaired) electrons. The van der Waals surface area contributed by atoms with Crippen molar-refractivity contribution in [2.45, 2.75) is 12.3 Å². The number of morpholine rings is 1. The number of benzene rings is 1. The van der Waals surface area contributed by atoms with Gasteiger partial charge in [0.1, 0.15) is 5.69 Å². The number of aromatic nitrogens is 1. The van der Waals surface area contributed by atoms with Crippen LogP contribution in [0.3, 0.4) is 0 Å². The van der Waals surface area contributed by atoms with Gasteiger partial charge in [-0.1, -0.05) is 24.3 Å². The van der Waals surface area contributed by atoms with Gasteiger partial charge in [0.15, 0.2) is 0 Å². The lowest BCUT2D eigenvalue weighted by Crippen LogP contribution is -2.36. The van der Waals surface area contributed by atoms with E-state index < -0.39 is 0 Å². The minimum atomic E-state index is -0.102. The molecule has 2 aliphatic rings. The summed E-state index contributed by atoms with van der Waals surface area (Å²) in [6.45, 7) is 3.82. The van der Waals surface area contributed by atoms with E-state index in [1.165, 1.54) is 11.1 Å². The molecule has 5 nitrogen and oxygen atoms in total. The molecule has 1 aliphatic carbocycles. The minimum Gasteiger partial charge on any atom is -0.378 e. The van der Waals surface area contributed by atoms with Gasteiger partial charge in [0.05, 0.1) is 13.2 Å². The van der Waals surface area contributed by atoms with Gasteiger partial charge in [0, 0.05) is 37.4 Å². The van der Waals surface area contributed by atoms with E-state index in [0.29, 0.717) is 18.2 Å². The Hall–Kier alpha value is -2.40. The van der Waals surface area contributed by atoms with Crippen LogP contribution in [0.4, 0.5) is 5.69 Å². The van der Waals surface area contributed by atoms with Crippen molar-refractivity contribution in [3.63, 3.8) is 0 Å². The number of hydrogen-bond acceptors (Lipinski definition) is 4. The van der Waals surface area contributed by atoms with Crippen LogP contribution in [0.1, 0.15) is 27.5 Å². The summed E-state index contributed by atoms with van der Waals surface area (Å²) in [6, 6.07) is 12.2. The lowest BCUT2D eigenvalue weighted by atomic mass is 9.77. The van der Waals surface area contributed by atoms with Crippen molar-refractivity contribution in [3.05, 3.63) is 59.4 Å². The molecule has 5 heteroatoms. The number of anilines is 1. The van der Waals surface area contributed by atoms with Crippen molar-refractivity contribution < 1.29 is 9.53 Å². The standard InChI is InChI=1S/C19H21N3O2/c23-19(21-13-15-11-14-3-1-2-4-17(14)15)18-12-16(5-6-20-18)22-7-9-24-10-8-22/h1-6,12,15H,7-11,13H2,(H,21,23)/t15-/m0/s1. The predicted octanol–water partition coefficient (Wildman–Crippen LogP) is 1.99. The normalized spacial score (nSPS) is 19.3. The molecule has 4 rings (SSSR count). The molecular formula is C19H21N3O2. The Balaban J connectivity index is 1.38. The largest absolute Gasteiger partial charge is 0.378 e. The zero-order valence-electron chi connectivity index (χ0n) is 13.6. The lowest BCUT2D eigenvalue weighted by molar-refractivity contribution is 0.0945. The summed E-state index contributed by atoms with van der Waals surface area (Å²) in [4.78, 5) is 18.9. The molecule has 1 aliphatic heterocycles. The smallest absolute Gasteiger partial charge is 0.269 e. The Morgan fingerprint density at radius 2 is 2.08 bits per heavy atom. The second-order valence-electron chi connectivity index (χ2n) is 6.31. The third-order valence-corrected chi connectivity index (χ3v) is 4.82. The monoisotopic (exact) mass is 323 g/mol. The van der Waals surface area contributed by atoms with Crippen molar-refractivity contribution in [2.75, 3.05) is 37.7 Å². The molecule has 1 atom stereocenters. The highest BCUT2D eigenvalue weighted by molar-refractivity contribution is 5.93. The Morgan fingerprint density at radius 1 is 1.25 bits per heavy atom. The molecule has 1 fully saturated rings. The van der Waals surface area contributed by atoms with Crippen LogP contribution in [-0.2, 0) is 11.2 Å². The van der Waals surface area contributed by atoms with Crippen molar-refractivity contribution >= 4 is 11.6 Å². The molecule has 1 N–H and O–H groups in total. The molecular weight excluding hydrogens is 302 g/mol. The number of ether oxygens (including phenoxy) is 1. The van der Waals surface area contributed by atoms with Crippen LogP contribution in [0.2, 0.25) is 0 Å². The number of hydrogen-bond donors (Lipinski definition) is 1. The van der Waals surface area contributed by atoms with Crippen LogP contribution < -0.4 is 10.2 Å². The average molecular weight is 323 g/mol.